The van der Waals surface area contributed by atoms with E-state index in [9.17, 15) is 0 Å². The Bertz CT molecular complexity index is 588. The molecule has 0 saturated carbocycles. The predicted octanol–water partition coefficient (Wildman–Crippen LogP) is 2.69. The van der Waals surface area contributed by atoms with Crippen LogP contribution in [0.4, 0.5) is 0 Å². The van der Waals surface area contributed by atoms with Crippen LogP contribution in [0.15, 0.2) is 29.4 Å². The van der Waals surface area contributed by atoms with Gasteiger partial charge in [0.2, 0.25) is 0 Å². The highest BCUT2D eigenvalue weighted by Crippen LogP contribution is 2.25. The van der Waals surface area contributed by atoms with Gasteiger partial charge in [0.15, 0.2) is 0 Å². The Morgan fingerprint density at radius 3 is 2.79 bits per heavy atom. The van der Waals surface area contributed by atoms with Crippen molar-refractivity contribution < 1.29 is 5.21 Å². The van der Waals surface area contributed by atoms with Crippen molar-refractivity contribution >= 4 is 16.9 Å². The number of hydrogen-bond acceptors (Lipinski definition) is 3. The molecule has 102 valence electrons. The van der Waals surface area contributed by atoms with Crippen molar-refractivity contribution in [1.29, 1.82) is 0 Å². The number of nitrogens with zero attached hydrogens (tertiary/aromatic N) is 3. The zero-order valence-electron chi connectivity index (χ0n) is 11.4. The first kappa shape index (κ1) is 13.4. The molecule has 1 atom stereocenters. The van der Waals surface area contributed by atoms with E-state index in [-0.39, 0.29) is 11.9 Å². The summed E-state index contributed by atoms with van der Waals surface area (Å²) >= 11 is 0. The molecule has 0 fully saturated rings. The molecule has 2 rings (SSSR count). The topological polar surface area (TPSA) is 76.4 Å². The van der Waals surface area contributed by atoms with Crippen LogP contribution in [0.5, 0.6) is 0 Å². The van der Waals surface area contributed by atoms with Crippen LogP contribution in [0.3, 0.4) is 0 Å². The molecule has 5 nitrogen and oxygen atoms in total. The first-order chi connectivity index (χ1) is 9.21. The van der Waals surface area contributed by atoms with Crippen molar-refractivity contribution in [1.82, 2.24) is 9.55 Å². The number of aryl methyl sites for hydroxylation is 1. The van der Waals surface area contributed by atoms with E-state index in [0.29, 0.717) is 6.42 Å². The van der Waals surface area contributed by atoms with E-state index in [1.165, 1.54) is 0 Å². The lowest BCUT2D eigenvalue weighted by molar-refractivity contribution is 0.315. The minimum absolute atomic E-state index is 0.165. The van der Waals surface area contributed by atoms with Crippen molar-refractivity contribution in [2.45, 2.75) is 39.2 Å². The van der Waals surface area contributed by atoms with Gasteiger partial charge >= 0.3 is 0 Å². The molecule has 1 unspecified atom stereocenters. The van der Waals surface area contributed by atoms with E-state index < -0.39 is 0 Å². The summed E-state index contributed by atoms with van der Waals surface area (Å²) in [4.78, 5) is 4.65. The number of hydrogen-bond donors (Lipinski definition) is 2. The monoisotopic (exact) mass is 260 g/mol. The third-order valence-corrected chi connectivity index (χ3v) is 3.39. The molecule has 2 aromatic rings. The largest absolute Gasteiger partial charge is 0.409 e. The number of benzene rings is 1. The van der Waals surface area contributed by atoms with Gasteiger partial charge in [0, 0.05) is 18.9 Å². The van der Waals surface area contributed by atoms with Gasteiger partial charge in [-0.2, -0.15) is 0 Å². The molecule has 0 aliphatic heterocycles. The second-order valence-corrected chi connectivity index (χ2v) is 4.60. The second kappa shape index (κ2) is 5.73. The van der Waals surface area contributed by atoms with Crippen LogP contribution in [-0.2, 0) is 6.42 Å². The molecule has 19 heavy (non-hydrogen) atoms. The summed E-state index contributed by atoms with van der Waals surface area (Å²) in [6.45, 7) is 4.19. The zero-order chi connectivity index (χ0) is 13.8. The summed E-state index contributed by atoms with van der Waals surface area (Å²) < 4.78 is 2.22. The van der Waals surface area contributed by atoms with Gasteiger partial charge in [-0.05, 0) is 18.6 Å². The molecule has 0 aliphatic carbocycles. The Hall–Kier alpha value is -2.04. The summed E-state index contributed by atoms with van der Waals surface area (Å²) in [7, 11) is 0. The van der Waals surface area contributed by atoms with Crippen LogP contribution >= 0.6 is 0 Å². The van der Waals surface area contributed by atoms with Gasteiger partial charge in [0.25, 0.3) is 0 Å². The minimum atomic E-state index is 0.165. The summed E-state index contributed by atoms with van der Waals surface area (Å²) in [6.07, 6.45) is 2.30. The summed E-state index contributed by atoms with van der Waals surface area (Å²) in [6, 6.07) is 8.25. The molecule has 0 amide bonds. The van der Waals surface area contributed by atoms with Crippen LogP contribution < -0.4 is 5.73 Å². The number of nitrogens with two attached hydrogens (primary N) is 1. The summed E-state index contributed by atoms with van der Waals surface area (Å²) in [5.41, 5.74) is 7.76. The average Bonchev–Trinajstić information content (AvgIpc) is 2.82. The van der Waals surface area contributed by atoms with Gasteiger partial charge < -0.3 is 15.5 Å². The number of fused-ring (bicyclic) bond motifs is 1. The average molecular weight is 260 g/mol. The third kappa shape index (κ3) is 2.54. The molecule has 3 N–H and O–H groups in total. The Morgan fingerprint density at radius 2 is 2.16 bits per heavy atom. The summed E-state index contributed by atoms with van der Waals surface area (Å²) in [5, 5.41) is 11.8. The fourth-order valence-corrected chi connectivity index (χ4v) is 2.45. The molecule has 0 bridgehead atoms. The maximum Gasteiger partial charge on any atom is 0.141 e. The maximum absolute atomic E-state index is 8.75. The van der Waals surface area contributed by atoms with Crippen LogP contribution in [-0.4, -0.2) is 20.6 Å². The highest BCUT2D eigenvalue weighted by molar-refractivity contribution is 5.81. The number of para-hydroxylation sites is 2. The normalized spacial score (nSPS) is 13.9. The first-order valence-electron chi connectivity index (χ1n) is 6.63. The highest BCUT2D eigenvalue weighted by Gasteiger charge is 2.18. The quantitative estimate of drug-likeness (QED) is 0.375. The standard InChI is InChI=1S/C14H20N4O/c1-3-10(9-13(15)17-19)18-12-8-6-5-7-11(12)16-14(18)4-2/h5-8,10,19H,3-4,9H2,1-2H3,(H2,15,17). The molecule has 1 heterocycles. The zero-order valence-corrected chi connectivity index (χ0v) is 11.4. The van der Waals surface area contributed by atoms with Crippen molar-refractivity contribution in [3.63, 3.8) is 0 Å². The molecule has 5 heteroatoms. The number of amidine groups is 1. The number of oxime groups is 1. The van der Waals surface area contributed by atoms with Crippen molar-refractivity contribution in [2.75, 3.05) is 0 Å². The van der Waals surface area contributed by atoms with E-state index in [2.05, 4.69) is 34.6 Å². The smallest absolute Gasteiger partial charge is 0.141 e. The van der Waals surface area contributed by atoms with Crippen molar-refractivity contribution in [3.05, 3.63) is 30.1 Å². The minimum Gasteiger partial charge on any atom is -0.409 e. The predicted molar refractivity (Wildman–Crippen MR) is 76.5 cm³/mol. The van der Waals surface area contributed by atoms with Gasteiger partial charge in [-0.1, -0.05) is 31.1 Å². The Kier molecular flexibility index (Phi) is 4.04. The van der Waals surface area contributed by atoms with Gasteiger partial charge in [-0.25, -0.2) is 4.98 Å². The first-order valence-corrected chi connectivity index (χ1v) is 6.63. The Labute approximate surface area is 112 Å². The molecule has 1 aromatic carbocycles. The van der Waals surface area contributed by atoms with Crippen molar-refractivity contribution in [3.8, 4) is 0 Å². The lowest BCUT2D eigenvalue weighted by Crippen LogP contribution is -2.20. The number of imidazole rings is 1. The van der Waals surface area contributed by atoms with Gasteiger partial charge in [0.1, 0.15) is 11.7 Å². The molecule has 0 saturated heterocycles. The van der Waals surface area contributed by atoms with Crippen molar-refractivity contribution in [2.24, 2.45) is 10.9 Å². The molecule has 0 spiro atoms. The molecule has 0 aliphatic rings. The molecular formula is C14H20N4O. The van der Waals surface area contributed by atoms with E-state index in [1.807, 2.05) is 18.2 Å². The third-order valence-electron chi connectivity index (χ3n) is 3.39. The van der Waals surface area contributed by atoms with Crippen LogP contribution in [0.25, 0.3) is 11.0 Å². The fraction of sp³-hybridized carbons (Fsp3) is 0.429. The molecule has 1 aromatic heterocycles. The van der Waals surface area contributed by atoms with Gasteiger partial charge in [-0.3, -0.25) is 0 Å². The molecular weight excluding hydrogens is 240 g/mol. The number of aromatic nitrogens is 2. The van der Waals surface area contributed by atoms with Gasteiger partial charge in [0.05, 0.1) is 11.0 Å². The van der Waals surface area contributed by atoms with E-state index in [0.717, 1.165) is 29.7 Å². The highest BCUT2D eigenvalue weighted by atomic mass is 16.4. The van der Waals surface area contributed by atoms with E-state index in [1.54, 1.807) is 0 Å². The van der Waals surface area contributed by atoms with E-state index >= 15 is 0 Å². The molecule has 0 radical (unpaired) electrons. The maximum atomic E-state index is 8.75. The fourth-order valence-electron chi connectivity index (χ4n) is 2.45. The SMILES string of the molecule is CCc1nc2ccccc2n1C(CC)CC(N)=NO. The van der Waals surface area contributed by atoms with Crippen LogP contribution in [0.1, 0.15) is 38.6 Å². The van der Waals surface area contributed by atoms with Gasteiger partial charge in [-0.15, -0.1) is 0 Å². The van der Waals surface area contributed by atoms with Crippen LogP contribution in [0.2, 0.25) is 0 Å². The summed E-state index contributed by atoms with van der Waals surface area (Å²) in [5.74, 6) is 1.30. The Balaban J connectivity index is 2.51. The van der Waals surface area contributed by atoms with Crippen LogP contribution in [0, 0.1) is 0 Å². The lowest BCUT2D eigenvalue weighted by Gasteiger charge is -2.19. The lowest BCUT2D eigenvalue weighted by atomic mass is 10.1. The second-order valence-electron chi connectivity index (χ2n) is 4.60. The number of rotatable bonds is 5. The van der Waals surface area contributed by atoms with E-state index in [4.69, 9.17) is 10.9 Å². The Morgan fingerprint density at radius 1 is 1.42 bits per heavy atom.